The molecule has 1 amide bonds. The van der Waals surface area contributed by atoms with Gasteiger partial charge < -0.3 is 10.6 Å². The molecule has 0 saturated heterocycles. The maximum absolute atomic E-state index is 13.0. The van der Waals surface area contributed by atoms with Gasteiger partial charge in [0, 0.05) is 13.5 Å². The summed E-state index contributed by atoms with van der Waals surface area (Å²) < 4.78 is 1.35. The molecular weight excluding hydrogens is 411 g/mol. The topological polar surface area (TPSA) is 68.1 Å². The Morgan fingerprint density at radius 2 is 1.78 bits per heavy atom. The lowest BCUT2D eigenvalue weighted by molar-refractivity contribution is -0.122. The lowest BCUT2D eigenvalue weighted by Gasteiger charge is -2.27. The summed E-state index contributed by atoms with van der Waals surface area (Å²) in [5, 5.41) is 5.57. The Morgan fingerprint density at radius 3 is 2.30 bits per heavy atom. The number of hydrogen-bond acceptors (Lipinski definition) is 3. The Morgan fingerprint density at radius 1 is 1.19 bits per heavy atom. The second-order valence-electron chi connectivity index (χ2n) is 6.72. The van der Waals surface area contributed by atoms with Crippen molar-refractivity contribution in [1.82, 2.24) is 14.7 Å². The lowest BCUT2D eigenvalue weighted by atomic mass is 10.1. The first kappa shape index (κ1) is 21.7. The number of amides is 1. The molecule has 1 heterocycles. The maximum Gasteiger partial charge on any atom is 0.295 e. The van der Waals surface area contributed by atoms with E-state index in [-0.39, 0.29) is 29.5 Å². The van der Waals surface area contributed by atoms with Gasteiger partial charge in [0.2, 0.25) is 9.70 Å². The summed E-state index contributed by atoms with van der Waals surface area (Å²) in [5.41, 5.74) is 1.29. The monoisotopic (exact) mass is 432 g/mol. The summed E-state index contributed by atoms with van der Waals surface area (Å²) in [6.07, 6.45) is -0.784. The molecule has 27 heavy (non-hydrogen) atoms. The molecule has 0 fully saturated rings. The van der Waals surface area contributed by atoms with Crippen LogP contribution in [-0.2, 0) is 11.8 Å². The highest BCUT2D eigenvalue weighted by Crippen LogP contribution is 2.31. The van der Waals surface area contributed by atoms with E-state index in [4.69, 9.17) is 34.8 Å². The highest BCUT2D eigenvalue weighted by atomic mass is 35.6. The van der Waals surface area contributed by atoms with Gasteiger partial charge in [0.15, 0.2) is 0 Å². The first-order valence-electron chi connectivity index (χ1n) is 8.49. The van der Waals surface area contributed by atoms with Crippen LogP contribution in [0.5, 0.6) is 0 Å². The predicted octanol–water partition coefficient (Wildman–Crippen LogP) is 3.75. The van der Waals surface area contributed by atoms with Crippen LogP contribution in [0.25, 0.3) is 5.69 Å². The third kappa shape index (κ3) is 5.21. The van der Waals surface area contributed by atoms with Gasteiger partial charge in [0.25, 0.3) is 5.56 Å². The summed E-state index contributed by atoms with van der Waals surface area (Å²) in [7, 11) is 1.76. The van der Waals surface area contributed by atoms with Gasteiger partial charge in [-0.1, -0.05) is 66.8 Å². The molecule has 2 rings (SSSR count). The molecule has 2 N–H and O–H groups in total. The average Bonchev–Trinajstić information content (AvgIpc) is 2.77. The smallest absolute Gasteiger partial charge is 0.295 e. The van der Waals surface area contributed by atoms with E-state index in [2.05, 4.69) is 10.6 Å². The quantitative estimate of drug-likeness (QED) is 0.538. The highest BCUT2D eigenvalue weighted by Gasteiger charge is 2.35. The van der Waals surface area contributed by atoms with Gasteiger partial charge in [-0.25, -0.2) is 4.68 Å². The van der Waals surface area contributed by atoms with Crippen LogP contribution in [0, 0.1) is 12.8 Å². The minimum absolute atomic E-state index is 0.148. The first-order chi connectivity index (χ1) is 12.5. The van der Waals surface area contributed by atoms with E-state index >= 15 is 0 Å². The molecule has 0 aliphatic rings. The summed E-state index contributed by atoms with van der Waals surface area (Å²) in [5.74, 6) is -0.124. The number of anilines is 1. The fourth-order valence-electron chi connectivity index (χ4n) is 2.67. The zero-order valence-electron chi connectivity index (χ0n) is 15.6. The first-order valence-corrected chi connectivity index (χ1v) is 9.62. The fourth-order valence-corrected chi connectivity index (χ4v) is 3.00. The molecule has 0 unspecified atom stereocenters. The maximum atomic E-state index is 13.0. The summed E-state index contributed by atoms with van der Waals surface area (Å²) in [6.45, 7) is 5.60. The summed E-state index contributed by atoms with van der Waals surface area (Å²) in [4.78, 5) is 25.1. The Hall–Kier alpha value is -1.63. The lowest BCUT2D eigenvalue weighted by Crippen LogP contribution is -2.50. The Bertz CT molecular complexity index is 854. The molecule has 9 heteroatoms. The number of hydrogen-bond donors (Lipinski definition) is 2. The third-order valence-electron chi connectivity index (χ3n) is 4.07. The highest BCUT2D eigenvalue weighted by molar-refractivity contribution is 6.68. The van der Waals surface area contributed by atoms with Crippen LogP contribution in [0.2, 0.25) is 0 Å². The number of carbonyl (C=O) groups is 1. The van der Waals surface area contributed by atoms with Crippen molar-refractivity contribution in [2.75, 3.05) is 5.32 Å². The molecule has 1 aromatic carbocycles. The minimum atomic E-state index is -1.85. The molecule has 148 valence electrons. The van der Waals surface area contributed by atoms with Crippen LogP contribution < -0.4 is 16.2 Å². The normalized spacial score (nSPS) is 12.9. The van der Waals surface area contributed by atoms with Gasteiger partial charge in [0.05, 0.1) is 11.4 Å². The minimum Gasteiger partial charge on any atom is -0.356 e. The van der Waals surface area contributed by atoms with Crippen molar-refractivity contribution in [1.29, 1.82) is 0 Å². The molecule has 0 spiro atoms. The van der Waals surface area contributed by atoms with Gasteiger partial charge in [-0.15, -0.1) is 0 Å². The predicted molar refractivity (Wildman–Crippen MR) is 111 cm³/mol. The van der Waals surface area contributed by atoms with Crippen molar-refractivity contribution in [3.63, 3.8) is 0 Å². The number of nitrogens with zero attached hydrogens (tertiary/aromatic N) is 2. The van der Waals surface area contributed by atoms with Crippen LogP contribution in [0.3, 0.4) is 0 Å². The summed E-state index contributed by atoms with van der Waals surface area (Å²) >= 11 is 18.1. The van der Waals surface area contributed by atoms with E-state index in [0.29, 0.717) is 11.4 Å². The molecule has 1 atom stereocenters. The van der Waals surface area contributed by atoms with E-state index in [1.54, 1.807) is 18.7 Å². The van der Waals surface area contributed by atoms with Crippen LogP contribution in [0.4, 0.5) is 5.69 Å². The molecule has 0 bridgehead atoms. The van der Waals surface area contributed by atoms with Gasteiger partial charge in [-0.3, -0.25) is 14.3 Å². The Kier molecular flexibility index (Phi) is 6.89. The fraction of sp³-hybridized carbons (Fsp3) is 0.444. The van der Waals surface area contributed by atoms with Gasteiger partial charge in [0.1, 0.15) is 11.9 Å². The molecule has 1 aromatic heterocycles. The molecule has 6 nitrogen and oxygen atoms in total. The van der Waals surface area contributed by atoms with Crippen molar-refractivity contribution in [3.05, 3.63) is 46.4 Å². The number of nitrogens with one attached hydrogen (secondary N) is 2. The molecule has 0 aliphatic heterocycles. The standard InChI is InChI=1S/C18H23Cl3N4O2/c1-11(2)10-14(26)22-17(18(19,20)21)23-15-12(3)24(4)25(16(15)27)13-8-6-5-7-9-13/h5-9,11,17,23H,10H2,1-4H3,(H,22,26)/t17-/m0/s1. The zero-order chi connectivity index (χ0) is 20.4. The largest absolute Gasteiger partial charge is 0.356 e. The number of alkyl halides is 3. The van der Waals surface area contributed by atoms with Crippen LogP contribution in [-0.4, -0.2) is 25.2 Å². The van der Waals surface area contributed by atoms with E-state index in [9.17, 15) is 9.59 Å². The van der Waals surface area contributed by atoms with Crippen molar-refractivity contribution >= 4 is 46.4 Å². The van der Waals surface area contributed by atoms with Crippen LogP contribution in [0.15, 0.2) is 35.1 Å². The van der Waals surface area contributed by atoms with Crippen molar-refractivity contribution in [2.45, 2.75) is 37.2 Å². The molecule has 0 radical (unpaired) electrons. The number of aromatic nitrogens is 2. The van der Waals surface area contributed by atoms with Gasteiger partial charge >= 0.3 is 0 Å². The van der Waals surface area contributed by atoms with E-state index < -0.39 is 9.96 Å². The second-order valence-corrected chi connectivity index (χ2v) is 9.09. The number of rotatable bonds is 6. The number of carbonyl (C=O) groups excluding carboxylic acids is 1. The van der Waals surface area contributed by atoms with Gasteiger partial charge in [-0.05, 0) is 25.0 Å². The Balaban J connectivity index is 2.39. The third-order valence-corrected chi connectivity index (χ3v) is 4.72. The van der Waals surface area contributed by atoms with Crippen LogP contribution in [0.1, 0.15) is 26.0 Å². The number of halogens is 3. The molecule has 0 saturated carbocycles. The SMILES string of the molecule is Cc1c(N[C@H](NC(=O)CC(C)C)C(Cl)(Cl)Cl)c(=O)n(-c2ccccc2)n1C. The summed E-state index contributed by atoms with van der Waals surface area (Å²) in [6, 6.07) is 9.19. The second kappa shape index (κ2) is 8.59. The molecular formula is C18H23Cl3N4O2. The zero-order valence-corrected chi connectivity index (χ0v) is 17.9. The van der Waals surface area contributed by atoms with Crippen molar-refractivity contribution in [2.24, 2.45) is 13.0 Å². The Labute approximate surface area is 173 Å². The van der Waals surface area contributed by atoms with E-state index in [1.807, 2.05) is 44.2 Å². The van der Waals surface area contributed by atoms with Crippen molar-refractivity contribution < 1.29 is 4.79 Å². The average molecular weight is 434 g/mol. The van der Waals surface area contributed by atoms with E-state index in [1.165, 1.54) is 4.68 Å². The number of para-hydroxylation sites is 1. The van der Waals surface area contributed by atoms with Crippen molar-refractivity contribution in [3.8, 4) is 5.69 Å². The van der Waals surface area contributed by atoms with E-state index in [0.717, 1.165) is 0 Å². The van der Waals surface area contributed by atoms with Gasteiger partial charge in [-0.2, -0.15) is 0 Å². The van der Waals surface area contributed by atoms with Crippen LogP contribution >= 0.6 is 34.8 Å². The number of benzene rings is 1. The molecule has 0 aliphatic carbocycles. The molecule has 2 aromatic rings.